The monoisotopic (exact) mass is 295 g/mol. The average Bonchev–Trinajstić information content (AvgIpc) is 2.47. The Bertz CT molecular complexity index is 452. The number of rotatable bonds is 9. The fraction of sp³-hybridized carbons (Fsp3) is 0.533. The number of methoxy groups -OCH3 is 1. The molecule has 0 bridgehead atoms. The number of amides is 1. The van der Waals surface area contributed by atoms with Crippen molar-refractivity contribution >= 4 is 17.3 Å². The van der Waals surface area contributed by atoms with Crippen LogP contribution in [0.1, 0.15) is 19.8 Å². The molecular formula is C15H25N3O3. The van der Waals surface area contributed by atoms with Crippen LogP contribution in [-0.2, 0) is 4.79 Å². The van der Waals surface area contributed by atoms with Gasteiger partial charge in [-0.1, -0.05) is 13.3 Å². The summed E-state index contributed by atoms with van der Waals surface area (Å²) in [5.41, 5.74) is 6.90. The number of aliphatic hydroxyl groups is 1. The van der Waals surface area contributed by atoms with E-state index in [1.807, 2.05) is 4.90 Å². The molecule has 1 aromatic carbocycles. The number of hydrogen-bond donors (Lipinski definition) is 3. The Labute approximate surface area is 125 Å². The summed E-state index contributed by atoms with van der Waals surface area (Å²) >= 11 is 0. The van der Waals surface area contributed by atoms with E-state index in [1.165, 1.54) is 0 Å². The summed E-state index contributed by atoms with van der Waals surface area (Å²) in [4.78, 5) is 14.0. The first-order valence-electron chi connectivity index (χ1n) is 7.17. The molecule has 1 amide bonds. The van der Waals surface area contributed by atoms with Crippen molar-refractivity contribution in [1.29, 1.82) is 0 Å². The third-order valence-electron chi connectivity index (χ3n) is 3.14. The third kappa shape index (κ3) is 6.01. The molecule has 0 aliphatic heterocycles. The second-order valence-electron chi connectivity index (χ2n) is 4.85. The van der Waals surface area contributed by atoms with Crippen molar-refractivity contribution in [3.63, 3.8) is 0 Å². The van der Waals surface area contributed by atoms with Gasteiger partial charge in [0.15, 0.2) is 0 Å². The van der Waals surface area contributed by atoms with Crippen molar-refractivity contribution in [1.82, 2.24) is 4.90 Å². The van der Waals surface area contributed by atoms with Crippen molar-refractivity contribution in [3.05, 3.63) is 18.2 Å². The molecule has 4 N–H and O–H groups in total. The molecule has 0 heterocycles. The van der Waals surface area contributed by atoms with Crippen LogP contribution in [0.5, 0.6) is 5.75 Å². The molecule has 0 aliphatic carbocycles. The number of nitrogens with one attached hydrogen (secondary N) is 1. The van der Waals surface area contributed by atoms with E-state index in [2.05, 4.69) is 12.2 Å². The first-order chi connectivity index (χ1) is 10.1. The minimum atomic E-state index is -0.142. The van der Waals surface area contributed by atoms with Crippen molar-refractivity contribution in [3.8, 4) is 5.75 Å². The maximum absolute atomic E-state index is 12.0. The highest BCUT2D eigenvalue weighted by Gasteiger charge is 2.11. The second kappa shape index (κ2) is 9.20. The molecule has 1 rings (SSSR count). The minimum absolute atomic E-state index is 0.0433. The molecule has 6 heteroatoms. The molecule has 0 aromatic heterocycles. The number of carbonyl (C=O) groups is 1. The maximum Gasteiger partial charge on any atom is 0.238 e. The fourth-order valence-corrected chi connectivity index (χ4v) is 1.97. The molecule has 0 radical (unpaired) electrons. The first kappa shape index (κ1) is 17.3. The highest BCUT2D eigenvalue weighted by Crippen LogP contribution is 2.23. The number of nitrogens with two attached hydrogens (primary N) is 1. The van der Waals surface area contributed by atoms with Crippen LogP contribution in [0.4, 0.5) is 11.4 Å². The van der Waals surface area contributed by atoms with E-state index in [4.69, 9.17) is 15.6 Å². The lowest BCUT2D eigenvalue weighted by atomic mass is 10.2. The lowest BCUT2D eigenvalue weighted by molar-refractivity contribution is -0.117. The van der Waals surface area contributed by atoms with Gasteiger partial charge >= 0.3 is 0 Å². The first-order valence-corrected chi connectivity index (χ1v) is 7.17. The van der Waals surface area contributed by atoms with E-state index < -0.39 is 0 Å². The Kier molecular flexibility index (Phi) is 7.56. The quantitative estimate of drug-likeness (QED) is 0.598. The van der Waals surface area contributed by atoms with Gasteiger partial charge in [0, 0.05) is 12.6 Å². The molecule has 0 spiro atoms. The summed E-state index contributed by atoms with van der Waals surface area (Å²) in [5.74, 6) is 0.506. The highest BCUT2D eigenvalue weighted by atomic mass is 16.5. The summed E-state index contributed by atoms with van der Waals surface area (Å²) < 4.78 is 5.07. The molecule has 0 unspecified atom stereocenters. The van der Waals surface area contributed by atoms with Gasteiger partial charge < -0.3 is 20.9 Å². The molecule has 118 valence electrons. The molecule has 0 aliphatic rings. The Morgan fingerprint density at radius 3 is 2.76 bits per heavy atom. The predicted octanol–water partition coefficient (Wildman–Crippen LogP) is 1.31. The van der Waals surface area contributed by atoms with Crippen molar-refractivity contribution < 1.29 is 14.6 Å². The topological polar surface area (TPSA) is 87.8 Å². The van der Waals surface area contributed by atoms with Gasteiger partial charge in [0.2, 0.25) is 5.91 Å². The molecule has 0 fully saturated rings. The van der Waals surface area contributed by atoms with Crippen LogP contribution < -0.4 is 15.8 Å². The lowest BCUT2D eigenvalue weighted by Crippen LogP contribution is -2.36. The van der Waals surface area contributed by atoms with E-state index in [1.54, 1.807) is 25.3 Å². The number of hydrogen-bond acceptors (Lipinski definition) is 5. The zero-order valence-electron chi connectivity index (χ0n) is 12.8. The largest absolute Gasteiger partial charge is 0.497 e. The number of aliphatic hydroxyl groups excluding tert-OH is 1. The summed E-state index contributed by atoms with van der Waals surface area (Å²) in [6.07, 6.45) is 2.05. The van der Waals surface area contributed by atoms with Crippen LogP contribution >= 0.6 is 0 Å². The molecular weight excluding hydrogens is 270 g/mol. The van der Waals surface area contributed by atoms with Crippen LogP contribution in [0.3, 0.4) is 0 Å². The normalized spacial score (nSPS) is 10.7. The summed E-state index contributed by atoms with van der Waals surface area (Å²) in [5, 5.41) is 11.8. The van der Waals surface area contributed by atoms with Gasteiger partial charge in [-0.2, -0.15) is 0 Å². The van der Waals surface area contributed by atoms with Crippen LogP contribution in [0.15, 0.2) is 18.2 Å². The standard InChI is InChI=1S/C15H25N3O3/c1-3-4-7-18(8-9-19)11-15(20)17-14-6-5-12(21-2)10-13(14)16/h5-6,10,19H,3-4,7-9,11,16H2,1-2H3,(H,17,20). The summed E-state index contributed by atoms with van der Waals surface area (Å²) in [6, 6.07) is 5.13. The van der Waals surface area contributed by atoms with Crippen molar-refractivity contribution in [2.75, 3.05) is 44.4 Å². The van der Waals surface area contributed by atoms with Crippen LogP contribution in [0, 0.1) is 0 Å². The van der Waals surface area contributed by atoms with Gasteiger partial charge in [0.05, 0.1) is 31.6 Å². The van der Waals surface area contributed by atoms with Gasteiger partial charge in [0.25, 0.3) is 0 Å². The van der Waals surface area contributed by atoms with E-state index in [-0.39, 0.29) is 19.1 Å². The van der Waals surface area contributed by atoms with Crippen LogP contribution in [0.25, 0.3) is 0 Å². The van der Waals surface area contributed by atoms with Gasteiger partial charge in [-0.15, -0.1) is 0 Å². The molecule has 0 atom stereocenters. The van der Waals surface area contributed by atoms with Crippen molar-refractivity contribution in [2.45, 2.75) is 19.8 Å². The number of carbonyl (C=O) groups excluding carboxylic acids is 1. The Morgan fingerprint density at radius 2 is 2.19 bits per heavy atom. The Hall–Kier alpha value is -1.79. The number of nitrogens with zero attached hydrogens (tertiary/aromatic N) is 1. The highest BCUT2D eigenvalue weighted by molar-refractivity contribution is 5.95. The zero-order chi connectivity index (χ0) is 15.7. The maximum atomic E-state index is 12.0. The number of nitrogen functional groups attached to an aromatic ring is 1. The second-order valence-corrected chi connectivity index (χ2v) is 4.85. The fourth-order valence-electron chi connectivity index (χ4n) is 1.97. The number of benzene rings is 1. The Balaban J connectivity index is 2.58. The molecule has 0 saturated carbocycles. The number of ether oxygens (including phenoxy) is 1. The van der Waals surface area contributed by atoms with Gasteiger partial charge in [-0.3, -0.25) is 9.69 Å². The van der Waals surface area contributed by atoms with Crippen LogP contribution in [-0.4, -0.2) is 49.3 Å². The third-order valence-corrected chi connectivity index (χ3v) is 3.14. The minimum Gasteiger partial charge on any atom is -0.497 e. The summed E-state index contributed by atoms with van der Waals surface area (Å²) in [7, 11) is 1.56. The van der Waals surface area contributed by atoms with Gasteiger partial charge in [-0.05, 0) is 25.1 Å². The van der Waals surface area contributed by atoms with Crippen LogP contribution in [0.2, 0.25) is 0 Å². The predicted molar refractivity (Wildman–Crippen MR) is 84.5 cm³/mol. The zero-order valence-corrected chi connectivity index (χ0v) is 12.8. The van der Waals surface area contributed by atoms with E-state index in [0.717, 1.165) is 19.4 Å². The Morgan fingerprint density at radius 1 is 1.43 bits per heavy atom. The summed E-state index contributed by atoms with van der Waals surface area (Å²) in [6.45, 7) is 3.66. The lowest BCUT2D eigenvalue weighted by Gasteiger charge is -2.20. The van der Waals surface area contributed by atoms with E-state index >= 15 is 0 Å². The molecule has 1 aromatic rings. The molecule has 0 saturated heterocycles. The molecule has 21 heavy (non-hydrogen) atoms. The van der Waals surface area contributed by atoms with Gasteiger partial charge in [0.1, 0.15) is 5.75 Å². The van der Waals surface area contributed by atoms with E-state index in [0.29, 0.717) is 23.7 Å². The number of unbranched alkanes of at least 4 members (excludes halogenated alkanes) is 1. The molecule has 6 nitrogen and oxygen atoms in total. The smallest absolute Gasteiger partial charge is 0.238 e. The number of anilines is 2. The SMILES string of the molecule is CCCCN(CCO)CC(=O)Nc1ccc(OC)cc1N. The van der Waals surface area contributed by atoms with E-state index in [9.17, 15) is 4.79 Å². The van der Waals surface area contributed by atoms with Crippen molar-refractivity contribution in [2.24, 2.45) is 0 Å². The van der Waals surface area contributed by atoms with Gasteiger partial charge in [-0.25, -0.2) is 0 Å². The average molecular weight is 295 g/mol.